The molecular weight excluding hydrogens is 620 g/mol. The van der Waals surface area contributed by atoms with Crippen molar-refractivity contribution in [3.63, 3.8) is 0 Å². The average Bonchev–Trinajstić information content (AvgIpc) is 3.40. The molecule has 0 unspecified atom stereocenters. The molecule has 48 heavy (non-hydrogen) atoms. The number of ketones is 2. The van der Waals surface area contributed by atoms with Crippen molar-refractivity contribution in [3.05, 3.63) is 94.5 Å². The van der Waals surface area contributed by atoms with E-state index in [0.717, 1.165) is 5.56 Å². The van der Waals surface area contributed by atoms with E-state index in [0.29, 0.717) is 34.1 Å². The van der Waals surface area contributed by atoms with Gasteiger partial charge in [-0.15, -0.1) is 0 Å². The van der Waals surface area contributed by atoms with Gasteiger partial charge in [-0.05, 0) is 35.4 Å². The topological polar surface area (TPSA) is 117 Å². The van der Waals surface area contributed by atoms with Gasteiger partial charge in [0, 0.05) is 31.7 Å². The first-order valence-corrected chi connectivity index (χ1v) is 15.1. The fraction of sp³-hybridized carbons (Fsp3) is 0.297. The number of hydrogen-bond acceptors (Lipinski definition) is 11. The quantitative estimate of drug-likeness (QED) is 0.189. The highest BCUT2D eigenvalue weighted by atomic mass is 16.7. The molecule has 0 N–H and O–H groups in total. The molecular formula is C37H36O11. The summed E-state index contributed by atoms with van der Waals surface area (Å²) >= 11 is 0. The van der Waals surface area contributed by atoms with E-state index >= 15 is 0 Å². The number of fused-ring (bicyclic) bond motifs is 2. The molecule has 3 atom stereocenters. The Morgan fingerprint density at radius 2 is 1.27 bits per heavy atom. The third-order valence-corrected chi connectivity index (χ3v) is 8.78. The molecule has 0 spiro atoms. The zero-order valence-corrected chi connectivity index (χ0v) is 27.7. The van der Waals surface area contributed by atoms with Gasteiger partial charge >= 0.3 is 0 Å². The Morgan fingerprint density at radius 3 is 1.83 bits per heavy atom. The Morgan fingerprint density at radius 1 is 0.646 bits per heavy atom. The number of ether oxygens (including phenoxy) is 9. The lowest BCUT2D eigenvalue weighted by Gasteiger charge is -2.35. The van der Waals surface area contributed by atoms with Crippen molar-refractivity contribution in [3.8, 4) is 46.0 Å². The van der Waals surface area contributed by atoms with Gasteiger partial charge in [0.1, 0.15) is 63.2 Å². The van der Waals surface area contributed by atoms with Crippen LogP contribution in [0.3, 0.4) is 0 Å². The van der Waals surface area contributed by atoms with Gasteiger partial charge in [-0.2, -0.15) is 0 Å². The monoisotopic (exact) mass is 656 g/mol. The molecule has 0 aliphatic carbocycles. The zero-order valence-electron chi connectivity index (χ0n) is 27.7. The molecule has 4 aromatic rings. The molecule has 2 heterocycles. The van der Waals surface area contributed by atoms with Crippen LogP contribution in [0.2, 0.25) is 0 Å². The summed E-state index contributed by atoms with van der Waals surface area (Å²) in [7, 11) is 10.5. The number of carbonyl (C=O) groups is 2. The number of methoxy groups -OCH3 is 7. The second-order valence-electron chi connectivity index (χ2n) is 11.2. The largest absolute Gasteiger partial charge is 0.497 e. The average molecular weight is 657 g/mol. The van der Waals surface area contributed by atoms with Crippen LogP contribution in [-0.4, -0.2) is 67.1 Å². The van der Waals surface area contributed by atoms with Crippen LogP contribution in [-0.2, 0) is 11.2 Å². The number of hydrogen-bond donors (Lipinski definition) is 0. The molecule has 0 fully saturated rings. The Balaban J connectivity index is 1.53. The van der Waals surface area contributed by atoms with Crippen LogP contribution in [0.4, 0.5) is 0 Å². The van der Waals surface area contributed by atoms with Gasteiger partial charge in [0.15, 0.2) is 5.78 Å². The first-order valence-electron chi connectivity index (χ1n) is 15.1. The van der Waals surface area contributed by atoms with E-state index in [2.05, 4.69) is 0 Å². The minimum absolute atomic E-state index is 0.0989. The van der Waals surface area contributed by atoms with Crippen molar-refractivity contribution >= 4 is 11.6 Å². The molecule has 11 heteroatoms. The summed E-state index contributed by atoms with van der Waals surface area (Å²) < 4.78 is 52.5. The maximum Gasteiger partial charge on any atom is 0.279 e. The summed E-state index contributed by atoms with van der Waals surface area (Å²) in [4.78, 5) is 29.0. The fourth-order valence-electron chi connectivity index (χ4n) is 6.36. The van der Waals surface area contributed by atoms with Gasteiger partial charge in [-0.25, -0.2) is 0 Å². The maximum atomic E-state index is 14.6. The van der Waals surface area contributed by atoms with Crippen LogP contribution in [0.5, 0.6) is 46.0 Å². The predicted molar refractivity (Wildman–Crippen MR) is 174 cm³/mol. The SMILES string of the molecule is COc1ccc(C[C@@]2(OC)Oc3cc(OC)c([C@H]4Oc5cc(OC)cc(OC)c5C(=O)[C@@H]4c4ccc(OC)cc4)c(OC)c3C2=O)cc1. The summed E-state index contributed by atoms with van der Waals surface area (Å²) in [5.74, 6) is -0.460. The Bertz CT molecular complexity index is 1850. The van der Waals surface area contributed by atoms with Crippen molar-refractivity contribution in [1.82, 2.24) is 0 Å². The van der Waals surface area contributed by atoms with Crippen LogP contribution in [0, 0.1) is 0 Å². The van der Waals surface area contributed by atoms with Gasteiger partial charge < -0.3 is 42.6 Å². The van der Waals surface area contributed by atoms with Crippen LogP contribution in [0.1, 0.15) is 49.4 Å². The second kappa shape index (κ2) is 13.0. The van der Waals surface area contributed by atoms with Crippen molar-refractivity contribution in [2.75, 3.05) is 49.8 Å². The van der Waals surface area contributed by atoms with E-state index in [4.69, 9.17) is 42.6 Å². The highest BCUT2D eigenvalue weighted by Crippen LogP contribution is 2.55. The minimum Gasteiger partial charge on any atom is -0.497 e. The zero-order chi connectivity index (χ0) is 34.2. The molecule has 2 aliphatic heterocycles. The molecule has 250 valence electrons. The molecule has 0 saturated carbocycles. The summed E-state index contributed by atoms with van der Waals surface area (Å²) in [5, 5.41) is 0. The highest BCUT2D eigenvalue weighted by Gasteiger charge is 2.53. The summed E-state index contributed by atoms with van der Waals surface area (Å²) in [6, 6.07) is 19.2. The van der Waals surface area contributed by atoms with Crippen LogP contribution in [0.25, 0.3) is 0 Å². The van der Waals surface area contributed by atoms with E-state index in [9.17, 15) is 9.59 Å². The Hall–Kier alpha value is -5.42. The third-order valence-electron chi connectivity index (χ3n) is 8.78. The van der Waals surface area contributed by atoms with Gasteiger partial charge in [0.05, 0.1) is 54.1 Å². The van der Waals surface area contributed by atoms with E-state index < -0.39 is 23.6 Å². The molecule has 2 aliphatic rings. The molecule has 0 amide bonds. The number of carbonyl (C=O) groups excluding carboxylic acids is 2. The third kappa shape index (κ3) is 5.29. The summed E-state index contributed by atoms with van der Waals surface area (Å²) in [6.07, 6.45) is -0.931. The van der Waals surface area contributed by atoms with Gasteiger partial charge in [0.2, 0.25) is 5.78 Å². The Kier molecular flexibility index (Phi) is 8.81. The fourth-order valence-corrected chi connectivity index (χ4v) is 6.36. The molecule has 6 rings (SSSR count). The van der Waals surface area contributed by atoms with E-state index in [-0.39, 0.29) is 46.3 Å². The van der Waals surface area contributed by atoms with Gasteiger partial charge in [-0.3, -0.25) is 9.59 Å². The predicted octanol–water partition coefficient (Wildman–Crippen LogP) is 6.00. The van der Waals surface area contributed by atoms with Crippen molar-refractivity contribution in [1.29, 1.82) is 0 Å². The lowest BCUT2D eigenvalue weighted by atomic mass is 9.79. The second-order valence-corrected chi connectivity index (χ2v) is 11.2. The van der Waals surface area contributed by atoms with Crippen LogP contribution in [0.15, 0.2) is 66.7 Å². The number of Topliss-reactive ketones (excluding diaryl/α,β-unsaturated/α-hetero) is 2. The summed E-state index contributed by atoms with van der Waals surface area (Å²) in [5.41, 5.74) is 2.15. The lowest BCUT2D eigenvalue weighted by Crippen LogP contribution is -2.44. The Labute approximate surface area is 278 Å². The standard InChI is InChI=1S/C37H36O11/c1-40-22-12-8-20(9-13-22)19-37(46-7)36(39)32-28(48-37)18-26(44-5)31(34(32)45-6)35-29(21-10-14-23(41-2)15-11-21)33(38)30-25(43-4)16-24(42-3)17-27(30)47-35/h8-18,29,35H,19H2,1-7H3/t29-,35-,37+/m0/s1. The minimum atomic E-state index is -1.69. The van der Waals surface area contributed by atoms with E-state index in [1.807, 2.05) is 12.1 Å². The molecule has 11 nitrogen and oxygen atoms in total. The first-order chi connectivity index (χ1) is 23.3. The van der Waals surface area contributed by atoms with Crippen molar-refractivity contribution in [2.45, 2.75) is 24.2 Å². The van der Waals surface area contributed by atoms with Gasteiger partial charge in [0.25, 0.3) is 5.79 Å². The van der Waals surface area contributed by atoms with E-state index in [1.165, 1.54) is 35.5 Å². The van der Waals surface area contributed by atoms with E-state index in [1.54, 1.807) is 68.8 Å². The normalized spacial score (nSPS) is 19.4. The summed E-state index contributed by atoms with van der Waals surface area (Å²) in [6.45, 7) is 0. The van der Waals surface area contributed by atoms with Gasteiger partial charge in [-0.1, -0.05) is 24.3 Å². The highest BCUT2D eigenvalue weighted by molar-refractivity contribution is 6.10. The smallest absolute Gasteiger partial charge is 0.279 e. The van der Waals surface area contributed by atoms with Crippen LogP contribution >= 0.6 is 0 Å². The molecule has 4 aromatic carbocycles. The molecule has 0 bridgehead atoms. The van der Waals surface area contributed by atoms with Crippen molar-refractivity contribution in [2.24, 2.45) is 0 Å². The van der Waals surface area contributed by atoms with Crippen molar-refractivity contribution < 1.29 is 52.2 Å². The molecule has 0 radical (unpaired) electrons. The maximum absolute atomic E-state index is 14.6. The number of rotatable bonds is 11. The molecule has 0 saturated heterocycles. The van der Waals surface area contributed by atoms with Crippen LogP contribution < -0.4 is 37.9 Å². The first kappa shape index (κ1) is 32.5. The molecule has 0 aromatic heterocycles. The lowest BCUT2D eigenvalue weighted by molar-refractivity contribution is -0.117. The number of benzene rings is 4.